The van der Waals surface area contributed by atoms with E-state index in [1.807, 2.05) is 48.7 Å². The van der Waals surface area contributed by atoms with E-state index in [2.05, 4.69) is 5.10 Å². The van der Waals surface area contributed by atoms with E-state index in [0.29, 0.717) is 11.4 Å². The van der Waals surface area contributed by atoms with Gasteiger partial charge in [-0.1, -0.05) is 35.9 Å². The Labute approximate surface area is 138 Å². The minimum absolute atomic E-state index is 0.0851. The summed E-state index contributed by atoms with van der Waals surface area (Å²) in [5, 5.41) is 8.83. The first-order valence-electron chi connectivity index (χ1n) is 7.01. The topological polar surface area (TPSA) is 32.7 Å². The molecule has 0 saturated carbocycles. The molecular formula is C17H15ClN2OS. The van der Waals surface area contributed by atoms with Gasteiger partial charge < -0.3 is 0 Å². The second-order valence-corrected chi connectivity index (χ2v) is 6.36. The van der Waals surface area contributed by atoms with Crippen molar-refractivity contribution in [2.45, 2.75) is 19.4 Å². The number of allylic oxidation sites excluding steroid dienone is 1. The molecule has 0 aliphatic carbocycles. The zero-order chi connectivity index (χ0) is 15.5. The molecule has 1 aliphatic rings. The lowest BCUT2D eigenvalue weighted by Gasteiger charge is -2.20. The maximum absolute atomic E-state index is 12.3. The van der Waals surface area contributed by atoms with E-state index < -0.39 is 0 Å². The second-order valence-electron chi connectivity index (χ2n) is 4.98. The van der Waals surface area contributed by atoms with Gasteiger partial charge in [-0.3, -0.25) is 4.79 Å². The predicted octanol–water partition coefficient (Wildman–Crippen LogP) is 4.66. The highest BCUT2D eigenvalue weighted by Gasteiger charge is 2.32. The fraction of sp³-hybridized carbons (Fsp3) is 0.176. The Hall–Kier alpha value is -1.91. The quantitative estimate of drug-likeness (QED) is 0.754. The van der Waals surface area contributed by atoms with Crippen LogP contribution in [0.25, 0.3) is 0 Å². The van der Waals surface area contributed by atoms with Crippen molar-refractivity contribution in [3.05, 3.63) is 69.4 Å². The van der Waals surface area contributed by atoms with Crippen LogP contribution >= 0.6 is 22.9 Å². The molecule has 22 heavy (non-hydrogen) atoms. The number of amides is 1. The molecule has 1 aliphatic heterocycles. The highest BCUT2D eigenvalue weighted by Crippen LogP contribution is 2.34. The van der Waals surface area contributed by atoms with Crippen molar-refractivity contribution in [3.63, 3.8) is 0 Å². The van der Waals surface area contributed by atoms with Crippen LogP contribution in [0.15, 0.2) is 59.0 Å². The third kappa shape index (κ3) is 2.98. The summed E-state index contributed by atoms with van der Waals surface area (Å²) >= 11 is 7.60. The maximum atomic E-state index is 12.3. The Kier molecular flexibility index (Phi) is 4.41. The van der Waals surface area contributed by atoms with Gasteiger partial charge in [0.2, 0.25) is 0 Å². The first kappa shape index (κ1) is 15.0. The normalized spacial score (nSPS) is 18.0. The van der Waals surface area contributed by atoms with E-state index in [4.69, 9.17) is 11.6 Å². The molecule has 3 nitrogen and oxygen atoms in total. The zero-order valence-corrected chi connectivity index (χ0v) is 13.6. The smallest absolute Gasteiger partial charge is 0.266 e. The summed E-state index contributed by atoms with van der Waals surface area (Å²) in [5.74, 6) is -0.103. The first-order valence-corrected chi connectivity index (χ1v) is 8.27. The average molecular weight is 331 g/mol. The number of carbonyl (C=O) groups excluding carboxylic acids is 1. The van der Waals surface area contributed by atoms with E-state index in [1.54, 1.807) is 28.5 Å². The van der Waals surface area contributed by atoms with Crippen LogP contribution in [0.2, 0.25) is 5.02 Å². The van der Waals surface area contributed by atoms with Gasteiger partial charge in [0.15, 0.2) is 0 Å². The lowest BCUT2D eigenvalue weighted by molar-refractivity contribution is -0.127. The Morgan fingerprint density at radius 2 is 2.14 bits per heavy atom. The molecular weight excluding hydrogens is 316 g/mol. The average Bonchev–Trinajstić information content (AvgIpc) is 3.17. The van der Waals surface area contributed by atoms with Crippen LogP contribution in [0.4, 0.5) is 0 Å². The van der Waals surface area contributed by atoms with Crippen molar-refractivity contribution >= 4 is 34.6 Å². The molecule has 3 rings (SSSR count). The molecule has 0 fully saturated rings. The predicted molar refractivity (Wildman–Crippen MR) is 91.3 cm³/mol. The number of carbonyl (C=O) groups is 1. The highest BCUT2D eigenvalue weighted by atomic mass is 35.5. The van der Waals surface area contributed by atoms with E-state index >= 15 is 0 Å². The largest absolute Gasteiger partial charge is 0.268 e. The first-order chi connectivity index (χ1) is 10.7. The van der Waals surface area contributed by atoms with Crippen molar-refractivity contribution in [2.75, 3.05) is 0 Å². The van der Waals surface area contributed by atoms with Crippen LogP contribution in [0.5, 0.6) is 0 Å². The molecule has 112 valence electrons. The third-order valence-corrected chi connectivity index (χ3v) is 4.68. The molecule has 2 aromatic rings. The molecule has 0 N–H and O–H groups in total. The van der Waals surface area contributed by atoms with E-state index in [-0.39, 0.29) is 11.9 Å². The van der Waals surface area contributed by atoms with Crippen molar-refractivity contribution in [2.24, 2.45) is 5.10 Å². The van der Waals surface area contributed by atoms with Gasteiger partial charge in [-0.25, -0.2) is 5.01 Å². The van der Waals surface area contributed by atoms with Crippen molar-refractivity contribution in [3.8, 4) is 0 Å². The number of hydrogen-bond acceptors (Lipinski definition) is 3. The van der Waals surface area contributed by atoms with Gasteiger partial charge >= 0.3 is 0 Å². The Morgan fingerprint density at radius 1 is 1.36 bits per heavy atom. The Morgan fingerprint density at radius 3 is 2.77 bits per heavy atom. The summed E-state index contributed by atoms with van der Waals surface area (Å²) in [5.41, 5.74) is 1.99. The summed E-state index contributed by atoms with van der Waals surface area (Å²) in [6, 6.07) is 11.5. The molecule has 1 atom stereocenters. The van der Waals surface area contributed by atoms with Gasteiger partial charge in [0.1, 0.15) is 0 Å². The van der Waals surface area contributed by atoms with Gasteiger partial charge in [0, 0.05) is 17.5 Å². The Balaban J connectivity index is 1.95. The summed E-state index contributed by atoms with van der Waals surface area (Å²) in [6.45, 7) is 1.83. The molecule has 5 heteroatoms. The Bertz CT molecular complexity index is 720. The van der Waals surface area contributed by atoms with Crippen LogP contribution in [0.3, 0.4) is 0 Å². The minimum atomic E-state index is -0.103. The summed E-state index contributed by atoms with van der Waals surface area (Å²) in [7, 11) is 0. The molecule has 1 unspecified atom stereocenters. The highest BCUT2D eigenvalue weighted by molar-refractivity contribution is 7.12. The van der Waals surface area contributed by atoms with Crippen LogP contribution in [-0.2, 0) is 4.79 Å². The molecule has 0 spiro atoms. The molecule has 0 radical (unpaired) electrons. The lowest BCUT2D eigenvalue weighted by atomic mass is 10.0. The monoisotopic (exact) mass is 330 g/mol. The SMILES string of the molecule is CC=CC(=O)N1N=C(c2cccs2)CC1c1ccc(Cl)cc1. The lowest BCUT2D eigenvalue weighted by Crippen LogP contribution is -2.25. The summed E-state index contributed by atoms with van der Waals surface area (Å²) in [4.78, 5) is 13.4. The standard InChI is InChI=1S/C17H15ClN2OS/c1-2-4-17(21)20-15(12-6-8-13(18)9-7-12)11-14(19-20)16-5-3-10-22-16/h2-10,15H,11H2,1H3. The molecule has 0 bridgehead atoms. The van der Waals surface area contributed by atoms with Gasteiger partial charge in [-0.05, 0) is 36.1 Å². The molecule has 1 aromatic heterocycles. The third-order valence-electron chi connectivity index (χ3n) is 3.51. The zero-order valence-electron chi connectivity index (χ0n) is 12.1. The van der Waals surface area contributed by atoms with Crippen molar-refractivity contribution in [1.29, 1.82) is 0 Å². The van der Waals surface area contributed by atoms with Gasteiger partial charge in [0.05, 0.1) is 16.6 Å². The number of benzene rings is 1. The number of halogens is 1. The van der Waals surface area contributed by atoms with Crippen LogP contribution in [-0.4, -0.2) is 16.6 Å². The fourth-order valence-electron chi connectivity index (χ4n) is 2.47. The summed E-state index contributed by atoms with van der Waals surface area (Å²) in [6.07, 6.45) is 4.00. The van der Waals surface area contributed by atoms with Crippen LogP contribution in [0, 0.1) is 0 Å². The fourth-order valence-corrected chi connectivity index (χ4v) is 3.32. The number of hydrazone groups is 1. The van der Waals surface area contributed by atoms with Crippen LogP contribution < -0.4 is 0 Å². The number of thiophene rings is 1. The van der Waals surface area contributed by atoms with E-state index in [0.717, 1.165) is 16.2 Å². The van der Waals surface area contributed by atoms with E-state index in [1.165, 1.54) is 0 Å². The second kappa shape index (κ2) is 6.46. The minimum Gasteiger partial charge on any atom is -0.268 e. The summed E-state index contributed by atoms with van der Waals surface area (Å²) < 4.78 is 0. The van der Waals surface area contributed by atoms with Crippen LogP contribution in [0.1, 0.15) is 29.8 Å². The van der Waals surface area contributed by atoms with Gasteiger partial charge in [-0.15, -0.1) is 11.3 Å². The number of rotatable bonds is 3. The van der Waals surface area contributed by atoms with Crippen molar-refractivity contribution in [1.82, 2.24) is 5.01 Å². The van der Waals surface area contributed by atoms with E-state index in [9.17, 15) is 4.79 Å². The molecule has 1 aromatic carbocycles. The van der Waals surface area contributed by atoms with Gasteiger partial charge in [0.25, 0.3) is 5.91 Å². The number of hydrogen-bond donors (Lipinski definition) is 0. The molecule has 1 amide bonds. The number of nitrogens with zero attached hydrogens (tertiary/aromatic N) is 2. The maximum Gasteiger partial charge on any atom is 0.266 e. The van der Waals surface area contributed by atoms with Gasteiger partial charge in [-0.2, -0.15) is 5.10 Å². The van der Waals surface area contributed by atoms with Crippen molar-refractivity contribution < 1.29 is 4.79 Å². The molecule has 2 heterocycles. The molecule has 0 saturated heterocycles.